The fourth-order valence-corrected chi connectivity index (χ4v) is 6.66. The van der Waals surface area contributed by atoms with E-state index >= 15 is 0 Å². The molecule has 42 heavy (non-hydrogen) atoms. The van der Waals surface area contributed by atoms with Crippen LogP contribution in [0.5, 0.6) is 11.5 Å². The number of hydrogen-bond acceptors (Lipinski definition) is 7. The average molecular weight is 579 g/mol. The monoisotopic (exact) mass is 578 g/mol. The van der Waals surface area contributed by atoms with E-state index in [0.717, 1.165) is 27.1 Å². The van der Waals surface area contributed by atoms with Crippen LogP contribution in [-0.4, -0.2) is 30.9 Å². The minimum absolute atomic E-state index is 0.192. The number of thiazole rings is 1. The zero-order chi connectivity index (χ0) is 29.4. The van der Waals surface area contributed by atoms with Crippen LogP contribution in [0.4, 0.5) is 0 Å². The first-order chi connectivity index (χ1) is 20.5. The molecule has 0 saturated carbocycles. The van der Waals surface area contributed by atoms with Crippen molar-refractivity contribution in [3.63, 3.8) is 0 Å². The van der Waals surface area contributed by atoms with Gasteiger partial charge in [-0.05, 0) is 66.1 Å². The summed E-state index contributed by atoms with van der Waals surface area (Å²) in [5, 5.41) is 4.28. The third kappa shape index (κ3) is 4.58. The lowest BCUT2D eigenvalue weighted by atomic mass is 9.94. The molecule has 1 aromatic heterocycles. The summed E-state index contributed by atoms with van der Waals surface area (Å²) in [6, 6.07) is 23.1. The van der Waals surface area contributed by atoms with Gasteiger partial charge >= 0.3 is 5.97 Å². The van der Waals surface area contributed by atoms with Crippen LogP contribution in [-0.2, 0) is 9.53 Å². The summed E-state index contributed by atoms with van der Waals surface area (Å²) in [7, 11) is 1.56. The lowest BCUT2D eigenvalue weighted by Crippen LogP contribution is -2.40. The number of benzene rings is 4. The van der Waals surface area contributed by atoms with Crippen molar-refractivity contribution >= 4 is 44.9 Å². The highest BCUT2D eigenvalue weighted by molar-refractivity contribution is 7.07. The van der Waals surface area contributed by atoms with Crippen molar-refractivity contribution in [3.05, 3.63) is 115 Å². The van der Waals surface area contributed by atoms with E-state index in [2.05, 4.69) is 30.3 Å². The quantitative estimate of drug-likeness (QED) is 0.188. The van der Waals surface area contributed by atoms with E-state index < -0.39 is 12.0 Å². The molecule has 8 heteroatoms. The second-order valence-electron chi connectivity index (χ2n) is 9.85. The highest BCUT2D eigenvalue weighted by Gasteiger charge is 2.36. The molecular formula is C34H30N2O5S. The average Bonchev–Trinajstić information content (AvgIpc) is 3.30. The number of para-hydroxylation sites is 1. The van der Waals surface area contributed by atoms with E-state index in [4.69, 9.17) is 19.2 Å². The van der Waals surface area contributed by atoms with Crippen molar-refractivity contribution < 1.29 is 19.0 Å². The van der Waals surface area contributed by atoms with Crippen LogP contribution in [0.1, 0.15) is 37.9 Å². The summed E-state index contributed by atoms with van der Waals surface area (Å²) in [5.41, 5.74) is 2.12. The summed E-state index contributed by atoms with van der Waals surface area (Å²) in [6.45, 7) is 5.97. The molecule has 5 aromatic rings. The van der Waals surface area contributed by atoms with Gasteiger partial charge in [0.15, 0.2) is 16.3 Å². The summed E-state index contributed by atoms with van der Waals surface area (Å²) in [4.78, 5) is 33.0. The highest BCUT2D eigenvalue weighted by Crippen LogP contribution is 2.41. The summed E-state index contributed by atoms with van der Waals surface area (Å²) < 4.78 is 19.2. The molecule has 1 atom stereocenters. The Kier molecular flexibility index (Phi) is 7.39. The SMILES string of the molecule is CCOC(=O)C1=C(C)N=c2s/c(=C\c3c4ccccc4cc4ccccc34)c(=O)n2[C@@H]1c1cccc(OC)c1OCC. The fourth-order valence-electron chi connectivity index (χ4n) is 5.63. The number of hydrogen-bond donors (Lipinski definition) is 0. The van der Waals surface area contributed by atoms with Gasteiger partial charge in [-0.15, -0.1) is 0 Å². The largest absolute Gasteiger partial charge is 0.493 e. The fraction of sp³-hybridized carbons (Fsp3) is 0.206. The number of ether oxygens (including phenoxy) is 3. The molecule has 0 spiro atoms. The van der Waals surface area contributed by atoms with Crippen molar-refractivity contribution in [2.75, 3.05) is 20.3 Å². The van der Waals surface area contributed by atoms with Crippen molar-refractivity contribution in [2.45, 2.75) is 26.8 Å². The lowest BCUT2D eigenvalue weighted by molar-refractivity contribution is -0.139. The van der Waals surface area contributed by atoms with Crippen LogP contribution in [0.25, 0.3) is 27.6 Å². The Morgan fingerprint density at radius 3 is 2.31 bits per heavy atom. The molecule has 2 heterocycles. The first kappa shape index (κ1) is 27.5. The Hall–Kier alpha value is -4.69. The topological polar surface area (TPSA) is 79.1 Å². The number of fused-ring (bicyclic) bond motifs is 3. The van der Waals surface area contributed by atoms with Gasteiger partial charge in [0, 0.05) is 5.56 Å². The molecule has 0 saturated heterocycles. The molecule has 0 aliphatic carbocycles. The lowest BCUT2D eigenvalue weighted by Gasteiger charge is -2.26. The van der Waals surface area contributed by atoms with Gasteiger partial charge in [-0.1, -0.05) is 72.0 Å². The van der Waals surface area contributed by atoms with Crippen LogP contribution < -0.4 is 24.4 Å². The smallest absolute Gasteiger partial charge is 0.338 e. The first-order valence-corrected chi connectivity index (χ1v) is 14.7. The number of rotatable bonds is 7. The summed E-state index contributed by atoms with van der Waals surface area (Å²) in [6.07, 6.45) is 1.95. The van der Waals surface area contributed by atoms with E-state index in [0.29, 0.717) is 44.3 Å². The van der Waals surface area contributed by atoms with Gasteiger partial charge in [-0.3, -0.25) is 9.36 Å². The molecule has 4 aromatic carbocycles. The van der Waals surface area contributed by atoms with Gasteiger partial charge in [-0.25, -0.2) is 9.79 Å². The summed E-state index contributed by atoms with van der Waals surface area (Å²) in [5.74, 6) is 0.457. The highest BCUT2D eigenvalue weighted by atomic mass is 32.1. The number of allylic oxidation sites excluding steroid dienone is 1. The molecule has 1 aliphatic rings. The van der Waals surface area contributed by atoms with E-state index in [-0.39, 0.29) is 12.2 Å². The van der Waals surface area contributed by atoms with Crippen molar-refractivity contribution in [2.24, 2.45) is 4.99 Å². The molecule has 212 valence electrons. The predicted octanol–water partition coefficient (Wildman–Crippen LogP) is 5.51. The van der Waals surface area contributed by atoms with Gasteiger partial charge in [0.05, 0.1) is 36.1 Å². The van der Waals surface area contributed by atoms with Crippen LogP contribution in [0.15, 0.2) is 93.9 Å². The molecular weight excluding hydrogens is 548 g/mol. The number of methoxy groups -OCH3 is 1. The Balaban J connectivity index is 1.66. The molecule has 1 aliphatic heterocycles. The minimum Gasteiger partial charge on any atom is -0.493 e. The first-order valence-electron chi connectivity index (χ1n) is 13.9. The third-order valence-electron chi connectivity index (χ3n) is 7.42. The molecule has 0 unspecified atom stereocenters. The van der Waals surface area contributed by atoms with Crippen LogP contribution in [0, 0.1) is 0 Å². The van der Waals surface area contributed by atoms with Crippen LogP contribution >= 0.6 is 11.3 Å². The molecule has 0 N–H and O–H groups in total. The summed E-state index contributed by atoms with van der Waals surface area (Å²) >= 11 is 1.30. The van der Waals surface area contributed by atoms with Gasteiger partial charge in [0.1, 0.15) is 6.04 Å². The Morgan fingerprint density at radius 2 is 1.67 bits per heavy atom. The second kappa shape index (κ2) is 11.3. The Labute approximate surface area is 246 Å². The maximum Gasteiger partial charge on any atom is 0.338 e. The van der Waals surface area contributed by atoms with E-state index in [1.165, 1.54) is 11.3 Å². The number of carbonyl (C=O) groups is 1. The van der Waals surface area contributed by atoms with Crippen LogP contribution in [0.2, 0.25) is 0 Å². The molecule has 6 rings (SSSR count). The number of esters is 1. The van der Waals surface area contributed by atoms with E-state index in [1.807, 2.05) is 49.4 Å². The second-order valence-corrected chi connectivity index (χ2v) is 10.9. The predicted molar refractivity (Wildman–Crippen MR) is 166 cm³/mol. The van der Waals surface area contributed by atoms with Gasteiger partial charge in [-0.2, -0.15) is 0 Å². The molecule has 0 radical (unpaired) electrons. The maximum absolute atomic E-state index is 14.4. The van der Waals surface area contributed by atoms with Gasteiger partial charge in [0.2, 0.25) is 0 Å². The van der Waals surface area contributed by atoms with Crippen molar-refractivity contribution in [1.82, 2.24) is 4.57 Å². The molecule has 0 fully saturated rings. The van der Waals surface area contributed by atoms with E-state index in [9.17, 15) is 9.59 Å². The number of aromatic nitrogens is 1. The van der Waals surface area contributed by atoms with Gasteiger partial charge in [0.25, 0.3) is 5.56 Å². The zero-order valence-corrected chi connectivity index (χ0v) is 24.7. The third-order valence-corrected chi connectivity index (χ3v) is 8.40. The minimum atomic E-state index is -0.816. The molecule has 0 amide bonds. The molecule has 0 bridgehead atoms. The van der Waals surface area contributed by atoms with Crippen LogP contribution in [0.3, 0.4) is 0 Å². The van der Waals surface area contributed by atoms with E-state index in [1.54, 1.807) is 31.6 Å². The Morgan fingerprint density at radius 1 is 0.976 bits per heavy atom. The molecule has 7 nitrogen and oxygen atoms in total. The standard InChI is InChI=1S/C34H30N2O5S/c1-5-40-31-25(16-11-17-27(31)39-4)30-29(33(38)41-6-2)20(3)35-34-36(30)32(37)28(42-34)19-26-23-14-9-7-12-21(23)18-22-13-8-10-15-24(22)26/h7-19,30H,5-6H2,1-4H3/b28-19-/t30-/m1/s1. The van der Waals surface area contributed by atoms with Crippen molar-refractivity contribution in [3.8, 4) is 11.5 Å². The van der Waals surface area contributed by atoms with Gasteiger partial charge < -0.3 is 14.2 Å². The maximum atomic E-state index is 14.4. The normalized spacial score (nSPS) is 15.0. The number of carbonyl (C=O) groups excluding carboxylic acids is 1. The Bertz CT molecular complexity index is 2020. The van der Waals surface area contributed by atoms with Crippen molar-refractivity contribution in [1.29, 1.82) is 0 Å². The zero-order valence-electron chi connectivity index (χ0n) is 23.8. The number of nitrogens with zero attached hydrogens (tertiary/aromatic N) is 2.